The van der Waals surface area contributed by atoms with E-state index >= 15 is 0 Å². The van der Waals surface area contributed by atoms with E-state index in [1.54, 1.807) is 12.1 Å². The quantitative estimate of drug-likeness (QED) is 0.902. The van der Waals surface area contributed by atoms with E-state index < -0.39 is 0 Å². The summed E-state index contributed by atoms with van der Waals surface area (Å²) in [6, 6.07) is 6.48. The normalized spacial score (nSPS) is 12.7. The van der Waals surface area contributed by atoms with E-state index in [4.69, 9.17) is 5.73 Å². The molecular formula is C14H18FN3. The van der Waals surface area contributed by atoms with Crippen molar-refractivity contribution in [3.63, 3.8) is 0 Å². The molecule has 0 saturated carbocycles. The lowest BCUT2D eigenvalue weighted by Gasteiger charge is -2.09. The van der Waals surface area contributed by atoms with Crippen LogP contribution in [0.5, 0.6) is 0 Å². The van der Waals surface area contributed by atoms with Crippen LogP contribution in [0.25, 0.3) is 5.69 Å². The highest BCUT2D eigenvalue weighted by atomic mass is 19.1. The molecule has 2 rings (SSSR count). The van der Waals surface area contributed by atoms with Crippen molar-refractivity contribution in [1.29, 1.82) is 0 Å². The van der Waals surface area contributed by atoms with E-state index in [0.29, 0.717) is 0 Å². The summed E-state index contributed by atoms with van der Waals surface area (Å²) in [4.78, 5) is 0. The molecule has 96 valence electrons. The third-order valence-electron chi connectivity index (χ3n) is 3.19. The zero-order valence-electron chi connectivity index (χ0n) is 10.7. The zero-order valence-corrected chi connectivity index (χ0v) is 10.7. The second kappa shape index (κ2) is 5.31. The van der Waals surface area contributed by atoms with Crippen molar-refractivity contribution in [1.82, 2.24) is 9.78 Å². The number of rotatable bonds is 4. The average molecular weight is 247 g/mol. The molecule has 1 heterocycles. The Kier molecular flexibility index (Phi) is 3.77. The minimum absolute atomic E-state index is 0.162. The Bertz CT molecular complexity index is 516. The molecular weight excluding hydrogens is 229 g/mol. The predicted octanol–water partition coefficient (Wildman–Crippen LogP) is 2.60. The van der Waals surface area contributed by atoms with E-state index in [0.717, 1.165) is 29.8 Å². The molecule has 18 heavy (non-hydrogen) atoms. The maximum absolute atomic E-state index is 12.9. The smallest absolute Gasteiger partial charge is 0.123 e. The Morgan fingerprint density at radius 1 is 1.33 bits per heavy atom. The topological polar surface area (TPSA) is 43.8 Å². The number of hydrogen-bond acceptors (Lipinski definition) is 2. The number of benzene rings is 1. The van der Waals surface area contributed by atoms with E-state index in [-0.39, 0.29) is 11.9 Å². The van der Waals surface area contributed by atoms with Gasteiger partial charge < -0.3 is 5.73 Å². The molecule has 1 aromatic heterocycles. The monoisotopic (exact) mass is 247 g/mol. The van der Waals surface area contributed by atoms with Crippen LogP contribution in [0.4, 0.5) is 4.39 Å². The lowest BCUT2D eigenvalue weighted by atomic mass is 10.1. The fraction of sp³-hybridized carbons (Fsp3) is 0.357. The highest BCUT2D eigenvalue weighted by Gasteiger charge is 2.10. The van der Waals surface area contributed by atoms with Gasteiger partial charge in [0.2, 0.25) is 0 Å². The summed E-state index contributed by atoms with van der Waals surface area (Å²) in [6.45, 7) is 4.08. The maximum atomic E-state index is 12.9. The molecule has 2 N–H and O–H groups in total. The molecule has 0 aliphatic heterocycles. The van der Waals surface area contributed by atoms with Crippen LogP contribution in [0.1, 0.15) is 24.6 Å². The first-order chi connectivity index (χ1) is 8.61. The first-order valence-corrected chi connectivity index (χ1v) is 6.16. The van der Waals surface area contributed by atoms with Gasteiger partial charge in [-0.3, -0.25) is 0 Å². The molecule has 0 spiro atoms. The van der Waals surface area contributed by atoms with Gasteiger partial charge in [-0.15, -0.1) is 0 Å². The van der Waals surface area contributed by atoms with Crippen molar-refractivity contribution in [3.8, 4) is 5.69 Å². The Hall–Kier alpha value is -1.68. The van der Waals surface area contributed by atoms with Crippen molar-refractivity contribution in [2.75, 3.05) is 0 Å². The van der Waals surface area contributed by atoms with Crippen molar-refractivity contribution in [2.24, 2.45) is 5.73 Å². The minimum atomic E-state index is -0.239. The average Bonchev–Trinajstić information content (AvgIpc) is 2.72. The van der Waals surface area contributed by atoms with Crippen LogP contribution in [0.2, 0.25) is 0 Å². The molecule has 0 aliphatic carbocycles. The summed E-state index contributed by atoms with van der Waals surface area (Å²) >= 11 is 0. The van der Waals surface area contributed by atoms with E-state index in [9.17, 15) is 4.39 Å². The van der Waals surface area contributed by atoms with Crippen LogP contribution in [0, 0.1) is 12.7 Å². The Morgan fingerprint density at radius 3 is 2.61 bits per heavy atom. The molecule has 0 aliphatic rings. The third kappa shape index (κ3) is 2.59. The van der Waals surface area contributed by atoms with Crippen molar-refractivity contribution in [3.05, 3.63) is 47.5 Å². The highest BCUT2D eigenvalue weighted by molar-refractivity contribution is 5.35. The number of halogens is 1. The first kappa shape index (κ1) is 12.8. The molecule has 0 saturated heterocycles. The lowest BCUT2D eigenvalue weighted by Crippen LogP contribution is -2.21. The summed E-state index contributed by atoms with van der Waals surface area (Å²) in [6.07, 6.45) is 3.61. The van der Waals surface area contributed by atoms with E-state index in [1.807, 2.05) is 17.8 Å². The molecule has 1 unspecified atom stereocenters. The summed E-state index contributed by atoms with van der Waals surface area (Å²) in [5.74, 6) is -0.239. The number of nitrogens with zero attached hydrogens (tertiary/aromatic N) is 2. The summed E-state index contributed by atoms with van der Waals surface area (Å²) < 4.78 is 14.7. The molecule has 0 radical (unpaired) electrons. The van der Waals surface area contributed by atoms with Crippen molar-refractivity contribution in [2.45, 2.75) is 32.7 Å². The molecule has 1 aromatic carbocycles. The second-order valence-corrected chi connectivity index (χ2v) is 4.52. The molecule has 0 bridgehead atoms. The van der Waals surface area contributed by atoms with Gasteiger partial charge in [-0.05, 0) is 49.6 Å². The standard InChI is InChI=1S/C14H18FN3/c1-3-13(16)8-11-9-17-18(10(11)2)14-6-4-12(15)5-7-14/h4-7,9,13H,3,8,16H2,1-2H3. The molecule has 0 fully saturated rings. The van der Waals surface area contributed by atoms with Crippen LogP contribution in [-0.4, -0.2) is 15.8 Å². The van der Waals surface area contributed by atoms with Gasteiger partial charge in [0.05, 0.1) is 11.9 Å². The fourth-order valence-corrected chi connectivity index (χ4v) is 1.91. The van der Waals surface area contributed by atoms with Crippen molar-refractivity contribution >= 4 is 0 Å². The number of hydrogen-bond donors (Lipinski definition) is 1. The van der Waals surface area contributed by atoms with Crippen LogP contribution >= 0.6 is 0 Å². The van der Waals surface area contributed by atoms with Gasteiger partial charge in [0.25, 0.3) is 0 Å². The fourth-order valence-electron chi connectivity index (χ4n) is 1.91. The highest BCUT2D eigenvalue weighted by Crippen LogP contribution is 2.16. The van der Waals surface area contributed by atoms with Gasteiger partial charge in [0, 0.05) is 11.7 Å². The van der Waals surface area contributed by atoms with Crippen LogP contribution in [0.15, 0.2) is 30.5 Å². The third-order valence-corrected chi connectivity index (χ3v) is 3.19. The van der Waals surface area contributed by atoms with Gasteiger partial charge in [0.1, 0.15) is 5.82 Å². The predicted molar refractivity (Wildman–Crippen MR) is 70.2 cm³/mol. The number of nitrogens with two attached hydrogens (primary N) is 1. The molecule has 1 atom stereocenters. The van der Waals surface area contributed by atoms with Gasteiger partial charge >= 0.3 is 0 Å². The zero-order chi connectivity index (χ0) is 13.1. The Morgan fingerprint density at radius 2 is 2.00 bits per heavy atom. The van der Waals surface area contributed by atoms with Gasteiger partial charge in [-0.2, -0.15) is 5.10 Å². The minimum Gasteiger partial charge on any atom is -0.327 e. The number of aromatic nitrogens is 2. The van der Waals surface area contributed by atoms with Crippen LogP contribution in [0.3, 0.4) is 0 Å². The largest absolute Gasteiger partial charge is 0.327 e. The second-order valence-electron chi connectivity index (χ2n) is 4.52. The lowest BCUT2D eigenvalue weighted by molar-refractivity contribution is 0.626. The van der Waals surface area contributed by atoms with Gasteiger partial charge in [-0.25, -0.2) is 9.07 Å². The van der Waals surface area contributed by atoms with Gasteiger partial charge in [0.15, 0.2) is 0 Å². The Balaban J connectivity index is 2.27. The first-order valence-electron chi connectivity index (χ1n) is 6.16. The Labute approximate surface area is 106 Å². The molecule has 4 heteroatoms. The van der Waals surface area contributed by atoms with Gasteiger partial charge in [-0.1, -0.05) is 6.92 Å². The van der Waals surface area contributed by atoms with Crippen LogP contribution in [-0.2, 0) is 6.42 Å². The summed E-state index contributed by atoms with van der Waals surface area (Å²) in [5, 5.41) is 4.34. The molecule has 0 amide bonds. The SMILES string of the molecule is CCC(N)Cc1cnn(-c2ccc(F)cc2)c1C. The molecule has 3 nitrogen and oxygen atoms in total. The maximum Gasteiger partial charge on any atom is 0.123 e. The molecule has 2 aromatic rings. The van der Waals surface area contributed by atoms with E-state index in [1.165, 1.54) is 12.1 Å². The van der Waals surface area contributed by atoms with Crippen LogP contribution < -0.4 is 5.73 Å². The summed E-state index contributed by atoms with van der Waals surface area (Å²) in [7, 11) is 0. The van der Waals surface area contributed by atoms with E-state index in [2.05, 4.69) is 12.0 Å². The van der Waals surface area contributed by atoms with Crippen molar-refractivity contribution < 1.29 is 4.39 Å². The summed E-state index contributed by atoms with van der Waals surface area (Å²) in [5.41, 5.74) is 9.03.